The van der Waals surface area contributed by atoms with E-state index in [0.717, 1.165) is 11.1 Å². The second kappa shape index (κ2) is 5.74. The summed E-state index contributed by atoms with van der Waals surface area (Å²) in [6, 6.07) is 19.0. The topological polar surface area (TPSA) is 52.6 Å². The molecular formula is C18H16O4S. The molecule has 2 aromatic rings. The van der Waals surface area contributed by atoms with Crippen molar-refractivity contribution in [3.8, 4) is 0 Å². The fourth-order valence-electron chi connectivity index (χ4n) is 2.98. The number of carbonyl (C=O) groups excluding carboxylic acids is 2. The molecule has 0 bridgehead atoms. The highest BCUT2D eigenvalue weighted by atomic mass is 32.2. The third-order valence-electron chi connectivity index (χ3n) is 4.07. The van der Waals surface area contributed by atoms with E-state index >= 15 is 0 Å². The van der Waals surface area contributed by atoms with Crippen molar-refractivity contribution in [2.24, 2.45) is 0 Å². The van der Waals surface area contributed by atoms with Gasteiger partial charge < -0.3 is 9.47 Å². The van der Waals surface area contributed by atoms with Gasteiger partial charge in [0.1, 0.15) is 4.75 Å². The van der Waals surface area contributed by atoms with Crippen LogP contribution < -0.4 is 0 Å². The fraction of sp³-hybridized carbons (Fsp3) is 0.222. The molecule has 1 saturated heterocycles. The fourth-order valence-corrected chi connectivity index (χ4v) is 4.63. The third kappa shape index (κ3) is 2.07. The number of thioether (sulfide) groups is 1. The van der Waals surface area contributed by atoms with E-state index < -0.39 is 21.4 Å². The second-order valence-electron chi connectivity index (χ2n) is 5.18. The Morgan fingerprint density at radius 1 is 0.783 bits per heavy atom. The van der Waals surface area contributed by atoms with Crippen molar-refractivity contribution in [2.45, 2.75) is 9.49 Å². The van der Waals surface area contributed by atoms with E-state index in [-0.39, 0.29) is 0 Å². The first-order valence-electron chi connectivity index (χ1n) is 7.11. The van der Waals surface area contributed by atoms with E-state index in [2.05, 4.69) is 0 Å². The highest BCUT2D eigenvalue weighted by Gasteiger charge is 2.81. The molecule has 0 aliphatic carbocycles. The molecule has 4 nitrogen and oxygen atoms in total. The van der Waals surface area contributed by atoms with E-state index in [1.165, 1.54) is 26.0 Å². The van der Waals surface area contributed by atoms with Gasteiger partial charge in [0.2, 0.25) is 4.75 Å². The average Bonchev–Trinajstić information content (AvgIpc) is 3.34. The molecule has 0 aromatic heterocycles. The van der Waals surface area contributed by atoms with E-state index in [1.807, 2.05) is 60.7 Å². The quantitative estimate of drug-likeness (QED) is 0.491. The molecule has 2 aromatic carbocycles. The molecular weight excluding hydrogens is 312 g/mol. The molecule has 23 heavy (non-hydrogen) atoms. The summed E-state index contributed by atoms with van der Waals surface area (Å²) in [4.78, 5) is 25.0. The van der Waals surface area contributed by atoms with Gasteiger partial charge in [-0.3, -0.25) is 0 Å². The standard InChI is InChI=1S/C18H16O4S/c1-21-15(19)18(16(20)22-2)17(23-18,13-9-5-3-6-10-13)14-11-7-4-8-12-14/h3-12H,1-2H3. The number of carbonyl (C=O) groups is 2. The summed E-state index contributed by atoms with van der Waals surface area (Å²) in [5.74, 6) is -1.19. The second-order valence-corrected chi connectivity index (χ2v) is 6.61. The maximum absolute atomic E-state index is 12.5. The number of hydrogen-bond acceptors (Lipinski definition) is 5. The summed E-state index contributed by atoms with van der Waals surface area (Å²) in [5, 5.41) is 0. The number of hydrogen-bond donors (Lipinski definition) is 0. The summed E-state index contributed by atoms with van der Waals surface area (Å²) in [5.41, 5.74) is 1.74. The first kappa shape index (κ1) is 15.6. The molecule has 0 radical (unpaired) electrons. The molecule has 3 rings (SSSR count). The van der Waals surface area contributed by atoms with Gasteiger partial charge in [-0.2, -0.15) is 0 Å². The van der Waals surface area contributed by atoms with Gasteiger partial charge in [0.05, 0.1) is 14.2 Å². The lowest BCUT2D eigenvalue weighted by atomic mass is 9.80. The molecule has 1 heterocycles. The maximum atomic E-state index is 12.5. The first-order valence-corrected chi connectivity index (χ1v) is 7.93. The van der Waals surface area contributed by atoms with Gasteiger partial charge in [-0.1, -0.05) is 60.7 Å². The Morgan fingerprint density at radius 3 is 1.52 bits per heavy atom. The maximum Gasteiger partial charge on any atom is 0.335 e. The van der Waals surface area contributed by atoms with Crippen LogP contribution in [0.25, 0.3) is 0 Å². The number of esters is 2. The van der Waals surface area contributed by atoms with Gasteiger partial charge in [-0.25, -0.2) is 9.59 Å². The Balaban J connectivity index is 2.24. The van der Waals surface area contributed by atoms with E-state index in [1.54, 1.807) is 0 Å². The zero-order valence-electron chi connectivity index (χ0n) is 12.8. The molecule has 1 fully saturated rings. The summed E-state index contributed by atoms with van der Waals surface area (Å²) >= 11 is 1.25. The molecule has 5 heteroatoms. The Labute approximate surface area is 138 Å². The Morgan fingerprint density at radius 2 is 1.17 bits per heavy atom. The van der Waals surface area contributed by atoms with Crippen LogP contribution in [0.5, 0.6) is 0 Å². The van der Waals surface area contributed by atoms with Crippen molar-refractivity contribution in [2.75, 3.05) is 14.2 Å². The molecule has 0 amide bonds. The lowest BCUT2D eigenvalue weighted by molar-refractivity contribution is -0.155. The van der Waals surface area contributed by atoms with Crippen LogP contribution in [-0.2, 0) is 23.8 Å². The molecule has 1 aliphatic rings. The summed E-state index contributed by atoms with van der Waals surface area (Å²) in [7, 11) is 2.57. The zero-order valence-corrected chi connectivity index (χ0v) is 13.6. The van der Waals surface area contributed by atoms with Crippen LogP contribution in [0.1, 0.15) is 11.1 Å². The predicted molar refractivity (Wildman–Crippen MR) is 88.0 cm³/mol. The number of rotatable bonds is 4. The summed E-state index contributed by atoms with van der Waals surface area (Å²) in [6.45, 7) is 0. The van der Waals surface area contributed by atoms with Crippen LogP contribution in [0, 0.1) is 0 Å². The van der Waals surface area contributed by atoms with Gasteiger partial charge in [0, 0.05) is 0 Å². The summed E-state index contributed by atoms with van der Waals surface area (Å²) in [6.07, 6.45) is 0. The van der Waals surface area contributed by atoms with Gasteiger partial charge >= 0.3 is 11.9 Å². The molecule has 0 unspecified atom stereocenters. The molecule has 1 aliphatic heterocycles. The Hall–Kier alpha value is -2.27. The molecule has 0 saturated carbocycles. The van der Waals surface area contributed by atoms with E-state index in [0.29, 0.717) is 0 Å². The number of ether oxygens (including phenoxy) is 2. The van der Waals surface area contributed by atoms with Crippen LogP contribution in [0.3, 0.4) is 0 Å². The number of benzene rings is 2. The minimum Gasteiger partial charge on any atom is -0.467 e. The lowest BCUT2D eigenvalue weighted by Gasteiger charge is -2.21. The average molecular weight is 328 g/mol. The van der Waals surface area contributed by atoms with E-state index in [4.69, 9.17) is 9.47 Å². The molecule has 0 atom stereocenters. The highest BCUT2D eigenvalue weighted by molar-refractivity contribution is 8.11. The largest absolute Gasteiger partial charge is 0.467 e. The SMILES string of the molecule is COC(=O)C1(C(=O)OC)SC1(c1ccccc1)c1ccccc1. The monoisotopic (exact) mass is 328 g/mol. The van der Waals surface area contributed by atoms with Gasteiger partial charge in [-0.05, 0) is 11.1 Å². The Kier molecular flexibility index (Phi) is 3.90. The highest BCUT2D eigenvalue weighted by Crippen LogP contribution is 2.74. The van der Waals surface area contributed by atoms with Crippen LogP contribution in [0.15, 0.2) is 60.7 Å². The van der Waals surface area contributed by atoms with Gasteiger partial charge in [-0.15, -0.1) is 11.8 Å². The predicted octanol–water partition coefficient (Wildman–Crippen LogP) is 2.76. The molecule has 0 spiro atoms. The smallest absolute Gasteiger partial charge is 0.335 e. The van der Waals surface area contributed by atoms with Gasteiger partial charge in [0.25, 0.3) is 0 Å². The van der Waals surface area contributed by atoms with Crippen LogP contribution in [0.2, 0.25) is 0 Å². The van der Waals surface area contributed by atoms with Crippen LogP contribution in [-0.4, -0.2) is 30.9 Å². The van der Waals surface area contributed by atoms with E-state index in [9.17, 15) is 9.59 Å². The third-order valence-corrected chi connectivity index (χ3v) is 5.89. The molecule has 0 N–H and O–H groups in total. The number of methoxy groups -OCH3 is 2. The Bertz CT molecular complexity index is 672. The lowest BCUT2D eigenvalue weighted by Crippen LogP contribution is -2.42. The zero-order chi connectivity index (χ0) is 16.5. The molecule has 118 valence electrons. The normalized spacial score (nSPS) is 17.1. The van der Waals surface area contributed by atoms with Crippen LogP contribution in [0.4, 0.5) is 0 Å². The van der Waals surface area contributed by atoms with Crippen molar-refractivity contribution in [3.63, 3.8) is 0 Å². The van der Waals surface area contributed by atoms with Crippen molar-refractivity contribution < 1.29 is 19.1 Å². The van der Waals surface area contributed by atoms with Crippen molar-refractivity contribution in [3.05, 3.63) is 71.8 Å². The van der Waals surface area contributed by atoms with Crippen LogP contribution >= 0.6 is 11.8 Å². The van der Waals surface area contributed by atoms with Crippen molar-refractivity contribution in [1.82, 2.24) is 0 Å². The van der Waals surface area contributed by atoms with Crippen molar-refractivity contribution >= 4 is 23.7 Å². The minimum absolute atomic E-state index is 0.595. The van der Waals surface area contributed by atoms with Crippen molar-refractivity contribution in [1.29, 1.82) is 0 Å². The first-order chi connectivity index (χ1) is 11.1. The van der Waals surface area contributed by atoms with Gasteiger partial charge in [0.15, 0.2) is 0 Å². The summed E-state index contributed by atoms with van der Waals surface area (Å²) < 4.78 is 7.62. The minimum atomic E-state index is -1.42.